The monoisotopic (exact) mass is 498 g/mol. The minimum absolute atomic E-state index is 0.295. The van der Waals surface area contributed by atoms with Crippen molar-refractivity contribution in [2.45, 2.75) is 18.9 Å². The molecule has 1 unspecified atom stereocenters. The van der Waals surface area contributed by atoms with Gasteiger partial charge in [-0.2, -0.15) is 0 Å². The van der Waals surface area contributed by atoms with Gasteiger partial charge in [0, 0.05) is 23.2 Å². The Morgan fingerprint density at radius 1 is 1.14 bits per heavy atom. The molecule has 1 spiro atoms. The zero-order valence-electron chi connectivity index (χ0n) is 19.4. The smallest absolute Gasteiger partial charge is 0.325 e. The molecule has 3 aromatic carbocycles. The van der Waals surface area contributed by atoms with Gasteiger partial charge < -0.3 is 15.4 Å². The number of aryl methyl sites for hydroxylation is 1. The summed E-state index contributed by atoms with van der Waals surface area (Å²) in [4.78, 5) is 44.5. The van der Waals surface area contributed by atoms with Gasteiger partial charge in [0.05, 0.1) is 16.8 Å². The summed E-state index contributed by atoms with van der Waals surface area (Å²) in [5, 5.41) is 6.48. The summed E-state index contributed by atoms with van der Waals surface area (Å²) >= 11 is 1.62. The van der Waals surface area contributed by atoms with E-state index in [0.717, 1.165) is 25.7 Å². The fourth-order valence-electron chi connectivity index (χ4n) is 4.71. The summed E-state index contributed by atoms with van der Waals surface area (Å²) in [5.41, 5.74) is 3.06. The summed E-state index contributed by atoms with van der Waals surface area (Å²) in [6, 6.07) is 20.1. The van der Waals surface area contributed by atoms with E-state index in [-0.39, 0.29) is 6.54 Å². The first kappa shape index (κ1) is 22.2. The second kappa shape index (κ2) is 8.46. The van der Waals surface area contributed by atoms with Crippen LogP contribution in [0.4, 0.5) is 10.5 Å². The number of nitrogens with one attached hydrogen (secondary N) is 2. The molecule has 0 radical (unpaired) electrons. The molecule has 8 nitrogen and oxygen atoms in total. The number of hydrogen-bond acceptors (Lipinski definition) is 6. The second-order valence-corrected chi connectivity index (χ2v) is 9.97. The molecule has 180 valence electrons. The van der Waals surface area contributed by atoms with Crippen molar-refractivity contribution in [3.8, 4) is 16.3 Å². The lowest BCUT2D eigenvalue weighted by molar-refractivity contribution is -0.135. The molecule has 4 aromatic rings. The fourth-order valence-corrected chi connectivity index (χ4v) is 5.78. The third kappa shape index (κ3) is 3.68. The summed E-state index contributed by atoms with van der Waals surface area (Å²) in [6.07, 6.45) is 0.305. The molecule has 9 heteroatoms. The molecule has 3 heterocycles. The number of amides is 4. The second-order valence-electron chi connectivity index (χ2n) is 8.94. The molecule has 0 bridgehead atoms. The lowest BCUT2D eigenvalue weighted by Gasteiger charge is -2.33. The van der Waals surface area contributed by atoms with Crippen molar-refractivity contribution < 1.29 is 19.1 Å². The van der Waals surface area contributed by atoms with Gasteiger partial charge in [-0.15, -0.1) is 11.3 Å². The Balaban J connectivity index is 1.15. The number of nitrogens with zero attached hydrogens (tertiary/aromatic N) is 2. The summed E-state index contributed by atoms with van der Waals surface area (Å²) in [5.74, 6) is -0.342. The van der Waals surface area contributed by atoms with Gasteiger partial charge in [-0.05, 0) is 55.0 Å². The lowest BCUT2D eigenvalue weighted by Crippen LogP contribution is -2.48. The van der Waals surface area contributed by atoms with Gasteiger partial charge in [-0.1, -0.05) is 24.3 Å². The van der Waals surface area contributed by atoms with E-state index in [4.69, 9.17) is 9.72 Å². The predicted molar refractivity (Wildman–Crippen MR) is 137 cm³/mol. The first-order valence-electron chi connectivity index (χ1n) is 11.6. The number of anilines is 1. The predicted octanol–water partition coefficient (Wildman–Crippen LogP) is 4.44. The Kier molecular flexibility index (Phi) is 5.22. The molecule has 1 atom stereocenters. The zero-order chi connectivity index (χ0) is 24.9. The number of aromatic nitrogens is 1. The van der Waals surface area contributed by atoms with Crippen LogP contribution >= 0.6 is 11.3 Å². The number of urea groups is 1. The standard InChI is InChI=1S/C27H22N4O4S/c1-16-6-11-20-22(14-16)36-24(29-20)17-7-9-18(10-8-17)28-23(32)15-31-25(33)27(30-26(31)34)12-13-35-21-5-3-2-4-19(21)27/h2-11,14H,12-13,15H2,1H3,(H,28,32)(H,30,34). The number of carbonyl (C=O) groups excluding carboxylic acids is 3. The van der Waals surface area contributed by atoms with Crippen molar-refractivity contribution in [2.24, 2.45) is 0 Å². The highest BCUT2D eigenvalue weighted by atomic mass is 32.1. The minimum Gasteiger partial charge on any atom is -0.493 e. The number of rotatable bonds is 4. The van der Waals surface area contributed by atoms with Crippen molar-refractivity contribution in [1.82, 2.24) is 15.2 Å². The molecule has 2 N–H and O–H groups in total. The van der Waals surface area contributed by atoms with E-state index in [2.05, 4.69) is 23.6 Å². The largest absolute Gasteiger partial charge is 0.493 e. The Morgan fingerprint density at radius 3 is 2.78 bits per heavy atom. The van der Waals surface area contributed by atoms with Crippen LogP contribution in [0.1, 0.15) is 17.5 Å². The normalized spacial score (nSPS) is 18.8. The first-order valence-corrected chi connectivity index (χ1v) is 12.4. The van der Waals surface area contributed by atoms with E-state index < -0.39 is 23.4 Å². The highest BCUT2D eigenvalue weighted by Crippen LogP contribution is 2.41. The maximum absolute atomic E-state index is 13.3. The molecular weight excluding hydrogens is 476 g/mol. The van der Waals surface area contributed by atoms with Crippen LogP contribution in [0.5, 0.6) is 5.75 Å². The van der Waals surface area contributed by atoms with E-state index in [1.807, 2.05) is 30.3 Å². The Hall–Kier alpha value is -4.24. The van der Waals surface area contributed by atoms with Gasteiger partial charge in [0.1, 0.15) is 17.3 Å². The maximum atomic E-state index is 13.3. The highest BCUT2D eigenvalue weighted by molar-refractivity contribution is 7.21. The van der Waals surface area contributed by atoms with Crippen LogP contribution in [0.3, 0.4) is 0 Å². The lowest BCUT2D eigenvalue weighted by atomic mass is 9.84. The summed E-state index contributed by atoms with van der Waals surface area (Å²) in [6.45, 7) is 1.97. The molecule has 2 aliphatic heterocycles. The average molecular weight is 499 g/mol. The Morgan fingerprint density at radius 2 is 1.94 bits per heavy atom. The molecule has 1 saturated heterocycles. The van der Waals surface area contributed by atoms with Gasteiger partial charge in [0.25, 0.3) is 5.91 Å². The number of ether oxygens (including phenoxy) is 1. The topological polar surface area (TPSA) is 101 Å². The van der Waals surface area contributed by atoms with E-state index in [1.54, 1.807) is 41.7 Å². The molecule has 4 amide bonds. The third-order valence-corrected chi connectivity index (χ3v) is 7.59. The van der Waals surface area contributed by atoms with Crippen molar-refractivity contribution >= 4 is 45.1 Å². The molecule has 0 saturated carbocycles. The molecule has 1 fully saturated rings. The van der Waals surface area contributed by atoms with Crippen LogP contribution in [0.2, 0.25) is 0 Å². The quantitative estimate of drug-likeness (QED) is 0.405. The number of fused-ring (bicyclic) bond motifs is 3. The molecule has 6 rings (SSSR count). The molecule has 36 heavy (non-hydrogen) atoms. The van der Waals surface area contributed by atoms with Crippen molar-refractivity contribution in [3.63, 3.8) is 0 Å². The molecule has 1 aromatic heterocycles. The van der Waals surface area contributed by atoms with Crippen LogP contribution in [-0.4, -0.2) is 40.9 Å². The van der Waals surface area contributed by atoms with Crippen molar-refractivity contribution in [2.75, 3.05) is 18.5 Å². The highest BCUT2D eigenvalue weighted by Gasteiger charge is 2.55. The SMILES string of the molecule is Cc1ccc2nc(-c3ccc(NC(=O)CN4C(=O)NC5(CCOc6ccccc65)C4=O)cc3)sc2c1. The van der Waals surface area contributed by atoms with Gasteiger partial charge in [-0.25, -0.2) is 9.78 Å². The number of imide groups is 1. The number of hydrogen-bond donors (Lipinski definition) is 2. The first-order chi connectivity index (χ1) is 17.4. The van der Waals surface area contributed by atoms with Crippen LogP contribution < -0.4 is 15.4 Å². The van der Waals surface area contributed by atoms with Crippen molar-refractivity contribution in [3.05, 3.63) is 77.9 Å². The van der Waals surface area contributed by atoms with Gasteiger partial charge in [0.15, 0.2) is 5.54 Å². The maximum Gasteiger partial charge on any atom is 0.325 e. The number of benzene rings is 3. The fraction of sp³-hybridized carbons (Fsp3) is 0.185. The molecule has 0 aliphatic carbocycles. The Labute approximate surface area is 210 Å². The van der Waals surface area contributed by atoms with E-state index >= 15 is 0 Å². The van der Waals surface area contributed by atoms with Crippen LogP contribution in [-0.2, 0) is 15.1 Å². The van der Waals surface area contributed by atoms with Gasteiger partial charge >= 0.3 is 6.03 Å². The Bertz CT molecular complexity index is 1530. The van der Waals surface area contributed by atoms with Gasteiger partial charge in [0.2, 0.25) is 5.91 Å². The van der Waals surface area contributed by atoms with E-state index in [1.165, 1.54) is 5.56 Å². The zero-order valence-corrected chi connectivity index (χ0v) is 20.2. The number of thiazole rings is 1. The summed E-state index contributed by atoms with van der Waals surface area (Å²) in [7, 11) is 0. The van der Waals surface area contributed by atoms with Crippen molar-refractivity contribution in [1.29, 1.82) is 0 Å². The number of carbonyl (C=O) groups is 3. The average Bonchev–Trinajstić information content (AvgIpc) is 3.39. The van der Waals surface area contributed by atoms with Crippen LogP contribution in [0.15, 0.2) is 66.7 Å². The summed E-state index contributed by atoms with van der Waals surface area (Å²) < 4.78 is 6.77. The third-order valence-electron chi connectivity index (χ3n) is 6.52. The minimum atomic E-state index is -1.20. The molecular formula is C27H22N4O4S. The van der Waals surface area contributed by atoms with Crippen LogP contribution in [0.25, 0.3) is 20.8 Å². The molecule has 2 aliphatic rings. The van der Waals surface area contributed by atoms with E-state index in [0.29, 0.717) is 30.0 Å². The van der Waals surface area contributed by atoms with Crippen LogP contribution in [0, 0.1) is 6.92 Å². The number of para-hydroxylation sites is 1. The van der Waals surface area contributed by atoms with E-state index in [9.17, 15) is 14.4 Å². The van der Waals surface area contributed by atoms with Gasteiger partial charge in [-0.3, -0.25) is 14.5 Å².